The number of hydrogen-bond acceptors (Lipinski definition) is 8. The SMILES string of the molecule is CC1(C)Cc2cccc(Oc3nc(Nc4ccc(OCCCN5CCCCC5)c(F)c4)ncc3C(=O)Nc3c(Cl)cccc3Cl)c2O1. The topological polar surface area (TPSA) is 97.8 Å². The number of ether oxygens (including phenoxy) is 3. The molecule has 6 rings (SSSR count). The number of halogens is 3. The van der Waals surface area contributed by atoms with E-state index in [4.69, 9.17) is 37.4 Å². The van der Waals surface area contributed by atoms with Crippen LogP contribution in [0.15, 0.2) is 60.8 Å². The Morgan fingerprint density at radius 1 is 1.04 bits per heavy atom. The minimum absolute atomic E-state index is 0.0147. The Balaban J connectivity index is 1.21. The van der Waals surface area contributed by atoms with Crippen LogP contribution in [0.1, 0.15) is 55.5 Å². The molecule has 2 aliphatic rings. The van der Waals surface area contributed by atoms with Gasteiger partial charge in [-0.15, -0.1) is 0 Å². The molecule has 0 saturated carbocycles. The lowest BCUT2D eigenvalue weighted by Gasteiger charge is -2.26. The van der Waals surface area contributed by atoms with Crippen LogP contribution in [-0.4, -0.2) is 52.6 Å². The third kappa shape index (κ3) is 8.06. The van der Waals surface area contributed by atoms with Crippen LogP contribution in [0.2, 0.25) is 10.0 Å². The number of benzene rings is 3. The van der Waals surface area contributed by atoms with E-state index in [1.165, 1.54) is 31.5 Å². The van der Waals surface area contributed by atoms with E-state index in [0.29, 0.717) is 30.2 Å². The predicted octanol–water partition coefficient (Wildman–Crippen LogP) is 8.68. The summed E-state index contributed by atoms with van der Waals surface area (Å²) in [6.07, 6.45) is 6.59. The molecule has 2 aliphatic heterocycles. The summed E-state index contributed by atoms with van der Waals surface area (Å²) in [5.41, 5.74) is 1.19. The molecule has 1 saturated heterocycles. The number of piperidine rings is 1. The van der Waals surface area contributed by atoms with E-state index in [2.05, 4.69) is 25.5 Å². The molecule has 1 amide bonds. The van der Waals surface area contributed by atoms with E-state index in [1.54, 1.807) is 36.4 Å². The van der Waals surface area contributed by atoms with E-state index in [9.17, 15) is 4.79 Å². The molecule has 0 unspecified atom stereocenters. The Bertz CT molecular complexity index is 1750. The number of para-hydroxylation sites is 2. The number of aromatic nitrogens is 2. The first kappa shape index (κ1) is 32.8. The number of anilines is 3. The lowest BCUT2D eigenvalue weighted by atomic mass is 10.0. The fraction of sp³-hybridized carbons (Fsp3) is 0.343. The van der Waals surface area contributed by atoms with Gasteiger partial charge < -0.3 is 29.7 Å². The van der Waals surface area contributed by atoms with Crippen LogP contribution in [-0.2, 0) is 6.42 Å². The highest BCUT2D eigenvalue weighted by Crippen LogP contribution is 2.44. The van der Waals surface area contributed by atoms with Crippen molar-refractivity contribution >= 4 is 46.4 Å². The third-order valence-electron chi connectivity index (χ3n) is 7.97. The highest BCUT2D eigenvalue weighted by molar-refractivity contribution is 6.40. The Morgan fingerprint density at radius 2 is 1.81 bits per heavy atom. The second-order valence-corrected chi connectivity index (χ2v) is 13.0. The van der Waals surface area contributed by atoms with Crippen molar-refractivity contribution in [2.45, 2.75) is 51.6 Å². The third-order valence-corrected chi connectivity index (χ3v) is 8.60. The molecule has 3 heterocycles. The number of hydrogen-bond donors (Lipinski definition) is 2. The van der Waals surface area contributed by atoms with Crippen LogP contribution in [0.5, 0.6) is 23.1 Å². The molecule has 0 aliphatic carbocycles. The summed E-state index contributed by atoms with van der Waals surface area (Å²) in [7, 11) is 0. The van der Waals surface area contributed by atoms with Crippen molar-refractivity contribution < 1.29 is 23.4 Å². The molecule has 3 aromatic carbocycles. The zero-order chi connectivity index (χ0) is 33.0. The summed E-state index contributed by atoms with van der Waals surface area (Å²) in [4.78, 5) is 24.8. The Labute approximate surface area is 283 Å². The second kappa shape index (κ2) is 14.3. The lowest BCUT2D eigenvalue weighted by molar-refractivity contribution is 0.102. The molecular formula is C35H36Cl2FN5O4. The fourth-order valence-electron chi connectivity index (χ4n) is 5.71. The maximum absolute atomic E-state index is 15.0. The minimum atomic E-state index is -0.594. The number of carbonyl (C=O) groups excluding carboxylic acids is 1. The average Bonchev–Trinajstić information content (AvgIpc) is 3.37. The predicted molar refractivity (Wildman–Crippen MR) is 181 cm³/mol. The van der Waals surface area contributed by atoms with Gasteiger partial charge in [-0.1, -0.05) is 47.8 Å². The Morgan fingerprint density at radius 3 is 2.57 bits per heavy atom. The van der Waals surface area contributed by atoms with Crippen LogP contribution < -0.4 is 24.8 Å². The molecule has 0 spiro atoms. The lowest BCUT2D eigenvalue weighted by Crippen LogP contribution is -2.31. The van der Waals surface area contributed by atoms with Gasteiger partial charge in [-0.05, 0) is 76.5 Å². The monoisotopic (exact) mass is 679 g/mol. The van der Waals surface area contributed by atoms with Gasteiger partial charge in [0, 0.05) is 36.5 Å². The highest BCUT2D eigenvalue weighted by atomic mass is 35.5. The largest absolute Gasteiger partial charge is 0.490 e. The Hall–Kier alpha value is -4.12. The van der Waals surface area contributed by atoms with Gasteiger partial charge in [-0.25, -0.2) is 9.37 Å². The molecule has 1 aromatic heterocycles. The molecule has 47 heavy (non-hydrogen) atoms. The second-order valence-electron chi connectivity index (χ2n) is 12.2. The molecule has 1 fully saturated rings. The quantitative estimate of drug-likeness (QED) is 0.152. The van der Waals surface area contributed by atoms with Gasteiger partial charge in [0.25, 0.3) is 5.91 Å². The Kier molecular flexibility index (Phi) is 10.0. The van der Waals surface area contributed by atoms with Crippen molar-refractivity contribution in [3.63, 3.8) is 0 Å². The van der Waals surface area contributed by atoms with E-state index in [1.807, 2.05) is 26.0 Å². The first-order valence-electron chi connectivity index (χ1n) is 15.7. The van der Waals surface area contributed by atoms with Gasteiger partial charge in [-0.2, -0.15) is 4.98 Å². The van der Waals surface area contributed by atoms with E-state index in [-0.39, 0.29) is 38.9 Å². The van der Waals surface area contributed by atoms with Gasteiger partial charge >= 0.3 is 0 Å². The van der Waals surface area contributed by atoms with Gasteiger partial charge in [-0.3, -0.25) is 4.79 Å². The smallest absolute Gasteiger partial charge is 0.262 e. The molecule has 246 valence electrons. The normalized spacial score (nSPS) is 15.4. The van der Waals surface area contributed by atoms with Gasteiger partial charge in [0.15, 0.2) is 23.1 Å². The first-order chi connectivity index (χ1) is 22.6. The number of amides is 1. The summed E-state index contributed by atoms with van der Waals surface area (Å²) in [5, 5.41) is 6.25. The summed E-state index contributed by atoms with van der Waals surface area (Å²) in [6.45, 7) is 7.58. The van der Waals surface area contributed by atoms with Crippen molar-refractivity contribution in [3.05, 3.63) is 87.8 Å². The van der Waals surface area contributed by atoms with Gasteiger partial charge in [0.1, 0.15) is 11.2 Å². The van der Waals surface area contributed by atoms with Gasteiger partial charge in [0.05, 0.1) is 22.3 Å². The molecule has 0 bridgehead atoms. The molecule has 9 nitrogen and oxygen atoms in total. The molecule has 12 heteroatoms. The maximum atomic E-state index is 15.0. The van der Waals surface area contributed by atoms with E-state index < -0.39 is 17.3 Å². The van der Waals surface area contributed by atoms with Crippen molar-refractivity contribution in [2.75, 3.05) is 36.9 Å². The molecular weight excluding hydrogens is 644 g/mol. The van der Waals surface area contributed by atoms with Crippen molar-refractivity contribution in [2.24, 2.45) is 0 Å². The zero-order valence-corrected chi connectivity index (χ0v) is 27.8. The minimum Gasteiger partial charge on any atom is -0.490 e. The summed E-state index contributed by atoms with van der Waals surface area (Å²) < 4.78 is 33.1. The first-order valence-corrected chi connectivity index (χ1v) is 16.4. The standard InChI is InChI=1S/C35H36Cl2FN5O4/c1-35(2)20-22-9-6-12-29(31(22)47-35)46-33-24(32(44)41-30-25(36)10-7-11-26(30)37)21-39-34(42-33)40-23-13-14-28(27(38)19-23)45-18-8-17-43-15-4-3-5-16-43/h6-7,9-14,19,21H,3-5,8,15-18,20H2,1-2H3,(H,41,44)(H,39,40,42). The summed E-state index contributed by atoms with van der Waals surface area (Å²) >= 11 is 12.6. The fourth-order valence-corrected chi connectivity index (χ4v) is 6.20. The van der Waals surface area contributed by atoms with Crippen LogP contribution in [0.25, 0.3) is 0 Å². The van der Waals surface area contributed by atoms with Crippen molar-refractivity contribution in [1.82, 2.24) is 14.9 Å². The molecule has 4 aromatic rings. The zero-order valence-electron chi connectivity index (χ0n) is 26.2. The molecule has 0 radical (unpaired) electrons. The molecule has 2 N–H and O–H groups in total. The summed E-state index contributed by atoms with van der Waals surface area (Å²) in [5.74, 6) is 0.0370. The molecule has 0 atom stereocenters. The summed E-state index contributed by atoms with van der Waals surface area (Å²) in [6, 6.07) is 15.0. The van der Waals surface area contributed by atoms with Crippen LogP contribution >= 0.6 is 23.2 Å². The van der Waals surface area contributed by atoms with E-state index in [0.717, 1.165) is 31.6 Å². The number of likely N-dealkylation sites (tertiary alicyclic amines) is 1. The van der Waals surface area contributed by atoms with Gasteiger partial charge in [0.2, 0.25) is 11.8 Å². The highest BCUT2D eigenvalue weighted by Gasteiger charge is 2.33. The number of rotatable bonds is 11. The van der Waals surface area contributed by atoms with Crippen molar-refractivity contribution in [1.29, 1.82) is 0 Å². The maximum Gasteiger partial charge on any atom is 0.262 e. The van der Waals surface area contributed by atoms with E-state index >= 15 is 4.39 Å². The van der Waals surface area contributed by atoms with Crippen molar-refractivity contribution in [3.8, 4) is 23.1 Å². The number of fused-ring (bicyclic) bond motifs is 1. The van der Waals surface area contributed by atoms with Crippen LogP contribution in [0, 0.1) is 5.82 Å². The van der Waals surface area contributed by atoms with Crippen LogP contribution in [0.3, 0.4) is 0 Å². The number of nitrogens with zero attached hydrogens (tertiary/aromatic N) is 3. The number of carbonyl (C=O) groups is 1. The average molecular weight is 681 g/mol. The van der Waals surface area contributed by atoms with Crippen LogP contribution in [0.4, 0.5) is 21.7 Å². The number of nitrogens with one attached hydrogen (secondary N) is 2.